The molecule has 0 aromatic carbocycles. The van der Waals surface area contributed by atoms with E-state index in [2.05, 4.69) is 10.3 Å². The van der Waals surface area contributed by atoms with Crippen LogP contribution >= 0.6 is 0 Å². The lowest BCUT2D eigenvalue weighted by Crippen LogP contribution is -2.21. The fourth-order valence-corrected chi connectivity index (χ4v) is 0.927. The molecule has 1 aromatic rings. The Labute approximate surface area is 73.8 Å². The van der Waals surface area contributed by atoms with Gasteiger partial charge in [-0.3, -0.25) is 9.78 Å². The van der Waals surface area contributed by atoms with Gasteiger partial charge in [0.15, 0.2) is 17.4 Å². The number of rotatable bonds is 3. The quantitative estimate of drug-likeness (QED) is 0.708. The van der Waals surface area contributed by atoms with Crippen LogP contribution in [0, 0.1) is 11.6 Å². The van der Waals surface area contributed by atoms with Gasteiger partial charge >= 0.3 is 0 Å². The summed E-state index contributed by atoms with van der Waals surface area (Å²) in [4.78, 5) is 14.4. The van der Waals surface area contributed by atoms with Crippen molar-refractivity contribution < 1.29 is 13.6 Å². The monoisotopic (exact) mass is 186 g/mol. The van der Waals surface area contributed by atoms with Crippen molar-refractivity contribution in [2.45, 2.75) is 0 Å². The molecule has 0 saturated carbocycles. The van der Waals surface area contributed by atoms with Crippen LogP contribution < -0.4 is 5.32 Å². The fourth-order valence-electron chi connectivity index (χ4n) is 0.927. The summed E-state index contributed by atoms with van der Waals surface area (Å²) in [5.74, 6) is -2.49. The molecule has 13 heavy (non-hydrogen) atoms. The lowest BCUT2D eigenvalue weighted by Gasteiger charge is -2.01. The minimum absolute atomic E-state index is 0.0994. The number of hydrogen-bond acceptors (Lipinski definition) is 3. The van der Waals surface area contributed by atoms with E-state index in [1.165, 1.54) is 7.05 Å². The number of aromatic nitrogens is 1. The zero-order chi connectivity index (χ0) is 9.84. The third-order valence-electron chi connectivity index (χ3n) is 1.47. The first-order chi connectivity index (χ1) is 6.16. The number of carbonyl (C=O) groups excluding carboxylic acids is 1. The van der Waals surface area contributed by atoms with E-state index < -0.39 is 23.0 Å². The van der Waals surface area contributed by atoms with Gasteiger partial charge in [-0.05, 0) is 7.05 Å². The normalized spacial score (nSPS) is 10.1. The third-order valence-corrected chi connectivity index (χ3v) is 1.47. The van der Waals surface area contributed by atoms with Gasteiger partial charge in [0.05, 0.1) is 24.5 Å². The van der Waals surface area contributed by atoms with E-state index in [0.717, 1.165) is 12.4 Å². The zero-order valence-electron chi connectivity index (χ0n) is 6.97. The van der Waals surface area contributed by atoms with Crippen LogP contribution in [0.4, 0.5) is 8.78 Å². The Hall–Kier alpha value is -1.36. The summed E-state index contributed by atoms with van der Waals surface area (Å²) in [6, 6.07) is 0. The lowest BCUT2D eigenvalue weighted by atomic mass is 10.1. The van der Waals surface area contributed by atoms with Crippen LogP contribution in [-0.2, 0) is 0 Å². The minimum atomic E-state index is -0.930. The van der Waals surface area contributed by atoms with Gasteiger partial charge in [-0.25, -0.2) is 8.78 Å². The number of ketones is 1. The molecule has 1 rings (SSSR count). The molecule has 0 aliphatic rings. The van der Waals surface area contributed by atoms with Crippen molar-refractivity contribution in [1.29, 1.82) is 0 Å². The maximum atomic E-state index is 12.9. The zero-order valence-corrected chi connectivity index (χ0v) is 6.97. The fraction of sp³-hybridized carbons (Fsp3) is 0.250. The van der Waals surface area contributed by atoms with Gasteiger partial charge in [0.1, 0.15) is 0 Å². The second kappa shape index (κ2) is 4.04. The molecule has 0 spiro atoms. The van der Waals surface area contributed by atoms with Gasteiger partial charge in [-0.2, -0.15) is 0 Å². The number of halogens is 2. The first-order valence-corrected chi connectivity index (χ1v) is 3.63. The summed E-state index contributed by atoms with van der Waals surface area (Å²) in [5.41, 5.74) is -0.538. The van der Waals surface area contributed by atoms with Gasteiger partial charge in [0.2, 0.25) is 0 Å². The molecule has 70 valence electrons. The Morgan fingerprint density at radius 3 is 2.46 bits per heavy atom. The van der Waals surface area contributed by atoms with Gasteiger partial charge in [-0.15, -0.1) is 0 Å². The summed E-state index contributed by atoms with van der Waals surface area (Å²) < 4.78 is 25.7. The first kappa shape index (κ1) is 9.73. The first-order valence-electron chi connectivity index (χ1n) is 3.63. The van der Waals surface area contributed by atoms with Crippen molar-refractivity contribution in [3.8, 4) is 0 Å². The SMILES string of the molecule is CNCC(=O)c1c(F)cncc1F. The molecule has 0 atom stereocenters. The molecular weight excluding hydrogens is 178 g/mol. The standard InChI is InChI=1S/C8H8F2N2O/c1-11-4-7(13)8-5(9)2-12-3-6(8)10/h2-3,11H,4H2,1H3. The molecule has 3 nitrogen and oxygen atoms in total. The number of hydrogen-bond donors (Lipinski definition) is 1. The summed E-state index contributed by atoms with van der Waals surface area (Å²) in [6.45, 7) is -0.0994. The third kappa shape index (κ3) is 2.06. The largest absolute Gasteiger partial charge is 0.313 e. The second-order valence-electron chi connectivity index (χ2n) is 2.43. The highest BCUT2D eigenvalue weighted by atomic mass is 19.1. The molecule has 1 N–H and O–H groups in total. The Kier molecular flexibility index (Phi) is 3.02. The molecule has 1 heterocycles. The van der Waals surface area contributed by atoms with Crippen molar-refractivity contribution in [1.82, 2.24) is 10.3 Å². The van der Waals surface area contributed by atoms with E-state index >= 15 is 0 Å². The summed E-state index contributed by atoms with van der Waals surface area (Å²) in [6.07, 6.45) is 1.62. The van der Waals surface area contributed by atoms with Crippen molar-refractivity contribution in [3.05, 3.63) is 29.6 Å². The van der Waals surface area contributed by atoms with Crippen LogP contribution in [0.3, 0.4) is 0 Å². The van der Waals surface area contributed by atoms with Crippen LogP contribution in [0.15, 0.2) is 12.4 Å². The predicted molar refractivity (Wildman–Crippen MR) is 42.4 cm³/mol. The van der Waals surface area contributed by atoms with Crippen LogP contribution in [0.5, 0.6) is 0 Å². The van der Waals surface area contributed by atoms with Gasteiger partial charge < -0.3 is 5.32 Å². The molecule has 0 aliphatic heterocycles. The molecule has 5 heteroatoms. The topological polar surface area (TPSA) is 42.0 Å². The van der Waals surface area contributed by atoms with E-state index in [4.69, 9.17) is 0 Å². The molecule has 0 unspecified atom stereocenters. The Balaban J connectivity index is 3.05. The number of Topliss-reactive ketones (excluding diaryl/α,β-unsaturated/α-hetero) is 1. The van der Waals surface area contributed by atoms with Crippen LogP contribution in [0.1, 0.15) is 10.4 Å². The van der Waals surface area contributed by atoms with Gasteiger partial charge in [0.25, 0.3) is 0 Å². The maximum absolute atomic E-state index is 12.9. The average Bonchev–Trinajstić information content (AvgIpc) is 2.04. The van der Waals surface area contributed by atoms with Gasteiger partial charge in [-0.1, -0.05) is 0 Å². The Morgan fingerprint density at radius 1 is 1.46 bits per heavy atom. The van der Waals surface area contributed by atoms with Crippen molar-refractivity contribution in [3.63, 3.8) is 0 Å². The highest BCUT2D eigenvalue weighted by molar-refractivity contribution is 5.97. The maximum Gasteiger partial charge on any atom is 0.182 e. The van der Waals surface area contributed by atoms with E-state index in [9.17, 15) is 13.6 Å². The van der Waals surface area contributed by atoms with E-state index in [0.29, 0.717) is 0 Å². The number of nitrogens with one attached hydrogen (secondary N) is 1. The van der Waals surface area contributed by atoms with E-state index in [1.807, 2.05) is 0 Å². The number of carbonyl (C=O) groups is 1. The molecule has 1 aromatic heterocycles. The summed E-state index contributed by atoms with van der Waals surface area (Å²) in [7, 11) is 1.52. The van der Waals surface area contributed by atoms with Crippen molar-refractivity contribution in [2.75, 3.05) is 13.6 Å². The Bertz CT molecular complexity index is 308. The second-order valence-corrected chi connectivity index (χ2v) is 2.43. The molecule has 0 aliphatic carbocycles. The summed E-state index contributed by atoms with van der Waals surface area (Å²) >= 11 is 0. The average molecular weight is 186 g/mol. The number of nitrogens with zero attached hydrogens (tertiary/aromatic N) is 1. The number of likely N-dealkylation sites (N-methyl/N-ethyl adjacent to an activating group) is 1. The molecule has 0 bridgehead atoms. The van der Waals surface area contributed by atoms with Gasteiger partial charge in [0, 0.05) is 0 Å². The molecule has 0 radical (unpaired) electrons. The summed E-state index contributed by atoms with van der Waals surface area (Å²) in [5, 5.41) is 2.52. The highest BCUT2D eigenvalue weighted by Crippen LogP contribution is 2.10. The highest BCUT2D eigenvalue weighted by Gasteiger charge is 2.16. The predicted octanol–water partition coefficient (Wildman–Crippen LogP) is 0.762. The molecule has 0 saturated heterocycles. The van der Waals surface area contributed by atoms with Crippen molar-refractivity contribution >= 4 is 5.78 Å². The minimum Gasteiger partial charge on any atom is -0.313 e. The number of pyridine rings is 1. The van der Waals surface area contributed by atoms with E-state index in [-0.39, 0.29) is 6.54 Å². The molecule has 0 fully saturated rings. The van der Waals surface area contributed by atoms with Crippen molar-refractivity contribution in [2.24, 2.45) is 0 Å². The van der Waals surface area contributed by atoms with Crippen LogP contribution in [0.25, 0.3) is 0 Å². The van der Waals surface area contributed by atoms with Crippen LogP contribution in [0.2, 0.25) is 0 Å². The molecular formula is C8H8F2N2O. The van der Waals surface area contributed by atoms with Crippen LogP contribution in [-0.4, -0.2) is 24.4 Å². The lowest BCUT2D eigenvalue weighted by molar-refractivity contribution is 0.0985. The Morgan fingerprint density at radius 2 is 2.00 bits per heavy atom. The molecule has 0 amide bonds. The van der Waals surface area contributed by atoms with E-state index in [1.54, 1.807) is 0 Å². The smallest absolute Gasteiger partial charge is 0.182 e.